The van der Waals surface area contributed by atoms with E-state index in [0.29, 0.717) is 0 Å². The van der Waals surface area contributed by atoms with Crippen molar-refractivity contribution in [3.05, 3.63) is 35.9 Å². The van der Waals surface area contributed by atoms with Gasteiger partial charge in [0.05, 0.1) is 0 Å². The molecule has 0 heterocycles. The lowest BCUT2D eigenvalue weighted by molar-refractivity contribution is -0.161. The molecule has 0 aliphatic carbocycles. The number of esters is 1. The smallest absolute Gasteiger partial charge is 0.351 e. The topological polar surface area (TPSA) is 43.4 Å². The highest BCUT2D eigenvalue weighted by atomic mass is 19.1. The molecule has 0 spiro atoms. The third-order valence-corrected chi connectivity index (χ3v) is 2.26. The van der Waals surface area contributed by atoms with Gasteiger partial charge in [-0.05, 0) is 19.4 Å². The zero-order chi connectivity index (χ0) is 12.2. The Balaban J connectivity index is 2.57. The van der Waals surface area contributed by atoms with Gasteiger partial charge in [0.1, 0.15) is 6.61 Å². The number of hydrogen-bond donors (Lipinski definition) is 0. The Kier molecular flexibility index (Phi) is 3.77. The molecule has 0 saturated heterocycles. The maximum atomic E-state index is 13.5. The number of hydrogen-bond acceptors (Lipinski definition) is 3. The van der Waals surface area contributed by atoms with Crippen molar-refractivity contribution in [2.24, 2.45) is 0 Å². The summed E-state index contributed by atoms with van der Waals surface area (Å²) in [6.45, 7) is 1.89. The SMILES string of the molecule is CC(=O)C(C)(F)C(=O)OCc1ccccc1. The van der Waals surface area contributed by atoms with Gasteiger partial charge in [0.15, 0.2) is 5.78 Å². The number of halogens is 1. The van der Waals surface area contributed by atoms with Gasteiger partial charge in [-0.15, -0.1) is 0 Å². The van der Waals surface area contributed by atoms with Crippen LogP contribution in [0.15, 0.2) is 30.3 Å². The maximum Gasteiger partial charge on any atom is 0.351 e. The van der Waals surface area contributed by atoms with Gasteiger partial charge >= 0.3 is 5.97 Å². The first-order valence-corrected chi connectivity index (χ1v) is 4.85. The minimum absolute atomic E-state index is 0.0353. The Morgan fingerprint density at radius 1 is 1.31 bits per heavy atom. The number of alkyl halides is 1. The van der Waals surface area contributed by atoms with Crippen molar-refractivity contribution in [1.82, 2.24) is 0 Å². The Morgan fingerprint density at radius 2 is 1.88 bits per heavy atom. The minimum atomic E-state index is -2.56. The van der Waals surface area contributed by atoms with Gasteiger partial charge in [-0.25, -0.2) is 9.18 Å². The van der Waals surface area contributed by atoms with Crippen LogP contribution in [0.5, 0.6) is 0 Å². The molecule has 0 aliphatic heterocycles. The average Bonchev–Trinajstić information content (AvgIpc) is 2.27. The lowest BCUT2D eigenvalue weighted by atomic mass is 10.1. The van der Waals surface area contributed by atoms with Gasteiger partial charge in [-0.2, -0.15) is 0 Å². The zero-order valence-electron chi connectivity index (χ0n) is 9.20. The average molecular weight is 224 g/mol. The highest BCUT2D eigenvalue weighted by Gasteiger charge is 2.40. The fourth-order valence-electron chi connectivity index (χ4n) is 1.00. The maximum absolute atomic E-state index is 13.5. The van der Waals surface area contributed by atoms with E-state index < -0.39 is 17.4 Å². The first-order valence-electron chi connectivity index (χ1n) is 4.85. The quantitative estimate of drug-likeness (QED) is 0.580. The Morgan fingerprint density at radius 3 is 2.38 bits per heavy atom. The van der Waals surface area contributed by atoms with E-state index in [4.69, 9.17) is 4.74 Å². The van der Waals surface area contributed by atoms with E-state index in [1.54, 1.807) is 24.3 Å². The van der Waals surface area contributed by atoms with Crippen LogP contribution in [0, 0.1) is 0 Å². The molecule has 0 fully saturated rings. The summed E-state index contributed by atoms with van der Waals surface area (Å²) in [4.78, 5) is 22.1. The monoisotopic (exact) mass is 224 g/mol. The fraction of sp³-hybridized carbons (Fsp3) is 0.333. The summed E-state index contributed by atoms with van der Waals surface area (Å²) in [5, 5.41) is 0. The third kappa shape index (κ3) is 2.89. The largest absolute Gasteiger partial charge is 0.458 e. The molecule has 0 N–H and O–H groups in total. The Hall–Kier alpha value is -1.71. The summed E-state index contributed by atoms with van der Waals surface area (Å²) in [6.07, 6.45) is 0. The molecule has 0 aliphatic rings. The van der Waals surface area contributed by atoms with E-state index in [1.807, 2.05) is 6.07 Å². The molecule has 0 bridgehead atoms. The molecule has 3 nitrogen and oxygen atoms in total. The standard InChI is InChI=1S/C12H13FO3/c1-9(14)12(2,13)11(15)16-8-10-6-4-3-5-7-10/h3-7H,8H2,1-2H3. The van der Waals surface area contributed by atoms with E-state index in [-0.39, 0.29) is 6.61 Å². The second-order valence-electron chi connectivity index (χ2n) is 3.62. The summed E-state index contributed by atoms with van der Waals surface area (Å²) >= 11 is 0. The second-order valence-corrected chi connectivity index (χ2v) is 3.62. The number of ketones is 1. The van der Waals surface area contributed by atoms with E-state index in [2.05, 4.69) is 0 Å². The highest BCUT2D eigenvalue weighted by molar-refractivity contribution is 6.05. The Labute approximate surface area is 93.2 Å². The third-order valence-electron chi connectivity index (χ3n) is 2.26. The molecule has 86 valence electrons. The molecule has 4 heteroatoms. The van der Waals surface area contributed by atoms with Crippen molar-refractivity contribution in [3.8, 4) is 0 Å². The second kappa shape index (κ2) is 4.88. The van der Waals surface area contributed by atoms with Crippen molar-refractivity contribution in [2.75, 3.05) is 0 Å². The van der Waals surface area contributed by atoms with Crippen LogP contribution in [0.2, 0.25) is 0 Å². The van der Waals surface area contributed by atoms with Gasteiger partial charge in [0.25, 0.3) is 5.67 Å². The van der Waals surface area contributed by atoms with Crippen LogP contribution in [-0.4, -0.2) is 17.4 Å². The lowest BCUT2D eigenvalue weighted by Crippen LogP contribution is -2.39. The van der Waals surface area contributed by atoms with Crippen LogP contribution >= 0.6 is 0 Å². The van der Waals surface area contributed by atoms with Gasteiger partial charge in [-0.3, -0.25) is 4.79 Å². The predicted octanol–water partition coefficient (Wildman–Crippen LogP) is 2.05. The van der Waals surface area contributed by atoms with Gasteiger partial charge in [0, 0.05) is 0 Å². The van der Waals surface area contributed by atoms with Crippen LogP contribution in [0.1, 0.15) is 19.4 Å². The van der Waals surface area contributed by atoms with Crippen molar-refractivity contribution < 1.29 is 18.7 Å². The minimum Gasteiger partial charge on any atom is -0.458 e. The molecular formula is C12H13FO3. The zero-order valence-corrected chi connectivity index (χ0v) is 9.20. The van der Waals surface area contributed by atoms with Crippen molar-refractivity contribution >= 4 is 11.8 Å². The van der Waals surface area contributed by atoms with Crippen LogP contribution in [-0.2, 0) is 20.9 Å². The Bertz CT molecular complexity index is 385. The number of Topliss-reactive ketones (excluding diaryl/α,β-unsaturated/α-hetero) is 1. The predicted molar refractivity (Wildman–Crippen MR) is 56.4 cm³/mol. The summed E-state index contributed by atoms with van der Waals surface area (Å²) in [7, 11) is 0. The van der Waals surface area contributed by atoms with Crippen LogP contribution in [0.3, 0.4) is 0 Å². The molecule has 1 rings (SSSR count). The van der Waals surface area contributed by atoms with Gasteiger partial charge < -0.3 is 4.74 Å². The van der Waals surface area contributed by atoms with Gasteiger partial charge in [0.2, 0.25) is 0 Å². The molecular weight excluding hydrogens is 211 g/mol. The number of carbonyl (C=O) groups is 2. The molecule has 1 aromatic rings. The molecule has 1 aromatic carbocycles. The van der Waals surface area contributed by atoms with Crippen LogP contribution in [0.25, 0.3) is 0 Å². The van der Waals surface area contributed by atoms with E-state index in [9.17, 15) is 14.0 Å². The van der Waals surface area contributed by atoms with Gasteiger partial charge in [-0.1, -0.05) is 30.3 Å². The molecule has 0 amide bonds. The summed E-state index contributed by atoms with van der Waals surface area (Å²) < 4.78 is 18.2. The van der Waals surface area contributed by atoms with E-state index in [0.717, 1.165) is 19.4 Å². The summed E-state index contributed by atoms with van der Waals surface area (Å²) in [5.74, 6) is -2.01. The van der Waals surface area contributed by atoms with Crippen molar-refractivity contribution in [1.29, 1.82) is 0 Å². The lowest BCUT2D eigenvalue weighted by Gasteiger charge is -2.15. The van der Waals surface area contributed by atoms with Crippen LogP contribution in [0.4, 0.5) is 4.39 Å². The number of ether oxygens (including phenoxy) is 1. The van der Waals surface area contributed by atoms with Crippen molar-refractivity contribution in [2.45, 2.75) is 26.1 Å². The van der Waals surface area contributed by atoms with E-state index in [1.165, 1.54) is 0 Å². The number of rotatable bonds is 4. The highest BCUT2D eigenvalue weighted by Crippen LogP contribution is 2.15. The summed E-state index contributed by atoms with van der Waals surface area (Å²) in [5.41, 5.74) is -1.82. The molecule has 1 atom stereocenters. The molecule has 16 heavy (non-hydrogen) atoms. The first kappa shape index (κ1) is 12.4. The van der Waals surface area contributed by atoms with E-state index >= 15 is 0 Å². The van der Waals surface area contributed by atoms with Crippen molar-refractivity contribution in [3.63, 3.8) is 0 Å². The molecule has 0 aromatic heterocycles. The van der Waals surface area contributed by atoms with Crippen LogP contribution < -0.4 is 0 Å². The first-order chi connectivity index (χ1) is 7.44. The normalized spacial score (nSPS) is 13.9. The summed E-state index contributed by atoms with van der Waals surface area (Å²) in [6, 6.07) is 8.87. The molecule has 0 saturated carbocycles. The fourth-order valence-corrected chi connectivity index (χ4v) is 1.00. The molecule has 1 unspecified atom stereocenters. The number of carbonyl (C=O) groups excluding carboxylic acids is 2. The molecule has 0 radical (unpaired) electrons. The number of benzene rings is 1.